The summed E-state index contributed by atoms with van der Waals surface area (Å²) in [5, 5.41) is 3.71. The Labute approximate surface area is 146 Å². The van der Waals surface area contributed by atoms with E-state index in [1.54, 1.807) is 31.4 Å². The van der Waals surface area contributed by atoms with Gasteiger partial charge in [0.2, 0.25) is 5.91 Å². The van der Waals surface area contributed by atoms with Crippen LogP contribution in [-0.4, -0.2) is 35.3 Å². The monoisotopic (exact) mass is 387 g/mol. The normalized spacial score (nSPS) is 10.6. The highest BCUT2D eigenvalue weighted by Gasteiger charge is 2.18. The molecular weight excluding hydrogens is 374 g/mol. The van der Waals surface area contributed by atoms with Crippen LogP contribution in [0.25, 0.3) is 10.9 Å². The van der Waals surface area contributed by atoms with Crippen LogP contribution in [0, 0.1) is 0 Å². The first-order chi connectivity index (χ1) is 11.5. The van der Waals surface area contributed by atoms with Crippen molar-refractivity contribution in [1.82, 2.24) is 9.88 Å². The molecule has 0 saturated carbocycles. The quantitative estimate of drug-likeness (QED) is 0.744. The van der Waals surface area contributed by atoms with Crippen LogP contribution in [0.4, 0.5) is 5.69 Å². The standard InChI is InChI=1S/C17H14BrN3O3/c1-21(17(23)14-6-7-15(18)24-14)10-16(22)20-12-4-5-13-11(9-12)3-2-8-19-13/h2-9H,10H2,1H3,(H,20,22). The number of rotatable bonds is 4. The minimum Gasteiger partial charge on any atom is -0.444 e. The van der Waals surface area contributed by atoms with Crippen molar-refractivity contribution in [3.8, 4) is 0 Å². The highest BCUT2D eigenvalue weighted by Crippen LogP contribution is 2.17. The SMILES string of the molecule is CN(CC(=O)Nc1ccc2ncccc2c1)C(=O)c1ccc(Br)o1. The molecule has 0 spiro atoms. The van der Waals surface area contributed by atoms with E-state index in [9.17, 15) is 9.59 Å². The second-order valence-electron chi connectivity index (χ2n) is 5.22. The third-order valence-electron chi connectivity index (χ3n) is 3.40. The summed E-state index contributed by atoms with van der Waals surface area (Å²) in [6.07, 6.45) is 1.72. The number of likely N-dealkylation sites (N-methyl/N-ethyl adjacent to an activating group) is 1. The highest BCUT2D eigenvalue weighted by atomic mass is 79.9. The van der Waals surface area contributed by atoms with Crippen LogP contribution in [-0.2, 0) is 4.79 Å². The van der Waals surface area contributed by atoms with Gasteiger partial charge in [-0.2, -0.15) is 0 Å². The van der Waals surface area contributed by atoms with Gasteiger partial charge in [-0.25, -0.2) is 0 Å². The van der Waals surface area contributed by atoms with Crippen molar-refractivity contribution in [1.29, 1.82) is 0 Å². The van der Waals surface area contributed by atoms with E-state index in [1.807, 2.05) is 24.3 Å². The second kappa shape index (κ2) is 6.84. The van der Waals surface area contributed by atoms with Crippen LogP contribution in [0.3, 0.4) is 0 Å². The van der Waals surface area contributed by atoms with Crippen molar-refractivity contribution < 1.29 is 14.0 Å². The topological polar surface area (TPSA) is 75.4 Å². The van der Waals surface area contributed by atoms with Crippen molar-refractivity contribution in [2.45, 2.75) is 0 Å². The Morgan fingerprint density at radius 2 is 2.08 bits per heavy atom. The van der Waals surface area contributed by atoms with Gasteiger partial charge in [-0.05, 0) is 52.3 Å². The lowest BCUT2D eigenvalue weighted by Crippen LogP contribution is -2.34. The number of anilines is 1. The summed E-state index contributed by atoms with van der Waals surface area (Å²) in [6.45, 7) is -0.0811. The van der Waals surface area contributed by atoms with E-state index in [1.165, 1.54) is 4.90 Å². The Kier molecular flexibility index (Phi) is 4.61. The van der Waals surface area contributed by atoms with E-state index in [2.05, 4.69) is 26.2 Å². The molecule has 0 unspecified atom stereocenters. The first kappa shape index (κ1) is 16.2. The highest BCUT2D eigenvalue weighted by molar-refractivity contribution is 9.10. The summed E-state index contributed by atoms with van der Waals surface area (Å²) < 4.78 is 5.67. The molecule has 0 aliphatic carbocycles. The first-order valence-electron chi connectivity index (χ1n) is 7.18. The Hall–Kier alpha value is -2.67. The first-order valence-corrected chi connectivity index (χ1v) is 7.97. The Morgan fingerprint density at radius 1 is 1.25 bits per heavy atom. The maximum absolute atomic E-state index is 12.1. The van der Waals surface area contributed by atoms with Crippen LogP contribution in [0.15, 0.2) is 57.7 Å². The Balaban J connectivity index is 1.64. The molecule has 2 aromatic heterocycles. The number of carbonyl (C=O) groups excluding carboxylic acids is 2. The van der Waals surface area contributed by atoms with E-state index in [4.69, 9.17) is 4.42 Å². The number of furan rings is 1. The number of pyridine rings is 1. The third kappa shape index (κ3) is 3.62. The fourth-order valence-corrected chi connectivity index (χ4v) is 2.57. The predicted octanol–water partition coefficient (Wildman–Crippen LogP) is 3.30. The summed E-state index contributed by atoms with van der Waals surface area (Å²) in [5.41, 5.74) is 1.51. The number of fused-ring (bicyclic) bond motifs is 1. The molecule has 0 radical (unpaired) electrons. The number of carbonyl (C=O) groups is 2. The summed E-state index contributed by atoms with van der Waals surface area (Å²) in [5.74, 6) is -0.479. The lowest BCUT2D eigenvalue weighted by molar-refractivity contribution is -0.116. The van der Waals surface area contributed by atoms with Gasteiger partial charge in [0.05, 0.1) is 12.1 Å². The number of nitrogens with one attached hydrogen (secondary N) is 1. The largest absolute Gasteiger partial charge is 0.444 e. The Bertz CT molecular complexity index is 907. The molecule has 1 aromatic carbocycles. The van der Waals surface area contributed by atoms with E-state index < -0.39 is 0 Å². The average Bonchev–Trinajstić information content (AvgIpc) is 3.00. The number of amides is 2. The maximum Gasteiger partial charge on any atom is 0.289 e. The lowest BCUT2D eigenvalue weighted by Gasteiger charge is -2.15. The molecule has 0 atom stereocenters. The van der Waals surface area contributed by atoms with Gasteiger partial charge in [0, 0.05) is 24.3 Å². The van der Waals surface area contributed by atoms with Gasteiger partial charge in [0.1, 0.15) is 0 Å². The third-order valence-corrected chi connectivity index (χ3v) is 3.82. The molecule has 0 aliphatic heterocycles. The van der Waals surface area contributed by atoms with Gasteiger partial charge >= 0.3 is 0 Å². The van der Waals surface area contributed by atoms with Crippen molar-refractivity contribution in [3.05, 3.63) is 59.1 Å². The fourth-order valence-electron chi connectivity index (χ4n) is 2.26. The van der Waals surface area contributed by atoms with Crippen LogP contribution in [0.5, 0.6) is 0 Å². The maximum atomic E-state index is 12.1. The molecule has 1 N–H and O–H groups in total. The zero-order valence-corrected chi connectivity index (χ0v) is 14.4. The zero-order chi connectivity index (χ0) is 17.1. The molecule has 3 aromatic rings. The van der Waals surface area contributed by atoms with Gasteiger partial charge < -0.3 is 14.6 Å². The number of hydrogen-bond donors (Lipinski definition) is 1. The molecule has 0 bridgehead atoms. The lowest BCUT2D eigenvalue weighted by atomic mass is 10.2. The molecule has 2 amide bonds. The molecule has 0 fully saturated rings. The minimum atomic E-state index is -0.362. The van der Waals surface area contributed by atoms with Crippen LogP contribution in [0.1, 0.15) is 10.6 Å². The minimum absolute atomic E-state index is 0.0811. The van der Waals surface area contributed by atoms with E-state index in [0.717, 1.165) is 10.9 Å². The van der Waals surface area contributed by atoms with E-state index in [0.29, 0.717) is 10.4 Å². The number of aromatic nitrogens is 1. The van der Waals surface area contributed by atoms with Gasteiger partial charge in [0.15, 0.2) is 10.4 Å². The zero-order valence-electron chi connectivity index (χ0n) is 12.8. The van der Waals surface area contributed by atoms with Gasteiger partial charge in [-0.3, -0.25) is 14.6 Å². The van der Waals surface area contributed by atoms with E-state index >= 15 is 0 Å². The number of hydrogen-bond acceptors (Lipinski definition) is 4. The van der Waals surface area contributed by atoms with Crippen molar-refractivity contribution in [2.24, 2.45) is 0 Å². The predicted molar refractivity (Wildman–Crippen MR) is 93.7 cm³/mol. The smallest absolute Gasteiger partial charge is 0.289 e. The number of halogens is 1. The van der Waals surface area contributed by atoms with Crippen molar-refractivity contribution in [2.75, 3.05) is 18.9 Å². The van der Waals surface area contributed by atoms with Crippen LogP contribution in [0.2, 0.25) is 0 Å². The van der Waals surface area contributed by atoms with E-state index in [-0.39, 0.29) is 24.1 Å². The summed E-state index contributed by atoms with van der Waals surface area (Å²) in [6, 6.07) is 12.4. The molecule has 24 heavy (non-hydrogen) atoms. The average molecular weight is 388 g/mol. The molecule has 7 heteroatoms. The molecule has 2 heterocycles. The van der Waals surface area contributed by atoms with Crippen molar-refractivity contribution in [3.63, 3.8) is 0 Å². The van der Waals surface area contributed by atoms with Crippen molar-refractivity contribution >= 4 is 44.3 Å². The molecule has 122 valence electrons. The fraction of sp³-hybridized carbons (Fsp3) is 0.118. The van der Waals surface area contributed by atoms with Gasteiger partial charge in [-0.1, -0.05) is 6.07 Å². The summed E-state index contributed by atoms with van der Waals surface area (Å²) in [7, 11) is 1.54. The Morgan fingerprint density at radius 3 is 2.83 bits per heavy atom. The summed E-state index contributed by atoms with van der Waals surface area (Å²) in [4.78, 5) is 29.8. The number of benzene rings is 1. The number of nitrogens with zero attached hydrogens (tertiary/aromatic N) is 2. The van der Waals surface area contributed by atoms with Gasteiger partial charge in [0.25, 0.3) is 5.91 Å². The molecule has 0 saturated heterocycles. The van der Waals surface area contributed by atoms with Crippen LogP contribution < -0.4 is 5.32 Å². The molecular formula is C17H14BrN3O3. The van der Waals surface area contributed by atoms with Crippen LogP contribution >= 0.6 is 15.9 Å². The molecule has 0 aliphatic rings. The molecule has 6 nitrogen and oxygen atoms in total. The van der Waals surface area contributed by atoms with Gasteiger partial charge in [-0.15, -0.1) is 0 Å². The summed E-state index contributed by atoms with van der Waals surface area (Å²) >= 11 is 3.14. The second-order valence-corrected chi connectivity index (χ2v) is 6.01. The molecule has 3 rings (SSSR count).